The van der Waals surface area contributed by atoms with Crippen LogP contribution in [-0.4, -0.2) is 67.9 Å². The van der Waals surface area contributed by atoms with Crippen LogP contribution in [0.25, 0.3) is 0 Å². The Morgan fingerprint density at radius 3 is 2.41 bits per heavy atom. The van der Waals surface area contributed by atoms with Crippen LogP contribution in [0.3, 0.4) is 0 Å². The Kier molecular flexibility index (Phi) is 9.49. The summed E-state index contributed by atoms with van der Waals surface area (Å²) in [6, 6.07) is 13.9. The maximum atomic E-state index is 14.0. The molecule has 2 aliphatic rings. The smallest absolute Gasteiger partial charge is 0.255 e. The number of para-hydroxylation sites is 1. The fraction of sp³-hybridized carbons (Fsp3) is 0.533. The van der Waals surface area contributed by atoms with Crippen LogP contribution in [0.5, 0.6) is 0 Å². The van der Waals surface area contributed by atoms with E-state index in [2.05, 4.69) is 30.7 Å². The van der Waals surface area contributed by atoms with E-state index in [0.717, 1.165) is 49.5 Å². The predicted molar refractivity (Wildman–Crippen MR) is 153 cm³/mol. The third-order valence-corrected chi connectivity index (χ3v) is 7.72. The summed E-state index contributed by atoms with van der Waals surface area (Å²) < 4.78 is 0. The number of halogens is 1. The minimum Gasteiger partial charge on any atom is -0.372 e. The van der Waals surface area contributed by atoms with E-state index in [4.69, 9.17) is 11.6 Å². The molecular weight excluding hydrogens is 484 g/mol. The van der Waals surface area contributed by atoms with Crippen LogP contribution in [0.1, 0.15) is 61.9 Å². The fourth-order valence-electron chi connectivity index (χ4n) is 5.30. The van der Waals surface area contributed by atoms with Crippen LogP contribution in [0.2, 0.25) is 5.02 Å². The molecule has 0 radical (unpaired) electrons. The first-order chi connectivity index (χ1) is 17.8. The Bertz CT molecular complexity index is 1080. The van der Waals surface area contributed by atoms with Crippen molar-refractivity contribution in [3.05, 3.63) is 58.6 Å². The van der Waals surface area contributed by atoms with Crippen molar-refractivity contribution >= 4 is 34.8 Å². The third kappa shape index (κ3) is 7.05. The van der Waals surface area contributed by atoms with Gasteiger partial charge >= 0.3 is 0 Å². The molecule has 0 aromatic heterocycles. The van der Waals surface area contributed by atoms with E-state index >= 15 is 0 Å². The number of piperidine rings is 1. The first-order valence-corrected chi connectivity index (χ1v) is 14.1. The quantitative estimate of drug-likeness (QED) is 0.515. The van der Waals surface area contributed by atoms with Gasteiger partial charge in [-0.25, -0.2) is 0 Å². The lowest BCUT2D eigenvalue weighted by molar-refractivity contribution is -0.119. The van der Waals surface area contributed by atoms with Gasteiger partial charge in [0.15, 0.2) is 0 Å². The molecule has 0 aliphatic carbocycles. The second-order valence-electron chi connectivity index (χ2n) is 10.9. The molecule has 6 nitrogen and oxygen atoms in total. The topological polar surface area (TPSA) is 47.1 Å². The summed E-state index contributed by atoms with van der Waals surface area (Å²) in [7, 11) is 2.08. The van der Waals surface area contributed by atoms with Gasteiger partial charge in [0.25, 0.3) is 5.91 Å². The van der Waals surface area contributed by atoms with Crippen molar-refractivity contribution in [2.24, 2.45) is 5.92 Å². The minimum absolute atomic E-state index is 0.0635. The van der Waals surface area contributed by atoms with Crippen LogP contribution in [-0.2, 0) is 11.3 Å². The monoisotopic (exact) mass is 524 g/mol. The van der Waals surface area contributed by atoms with Crippen molar-refractivity contribution in [3.63, 3.8) is 0 Å². The number of rotatable bonds is 4. The van der Waals surface area contributed by atoms with Gasteiger partial charge in [-0.2, -0.15) is 0 Å². The first kappa shape index (κ1) is 27.5. The Morgan fingerprint density at radius 2 is 1.65 bits per heavy atom. The van der Waals surface area contributed by atoms with Crippen molar-refractivity contribution in [3.8, 4) is 0 Å². The number of fused-ring (bicyclic) bond motifs is 1. The van der Waals surface area contributed by atoms with Gasteiger partial charge in [0.2, 0.25) is 5.91 Å². The van der Waals surface area contributed by atoms with Gasteiger partial charge in [-0.1, -0.05) is 43.6 Å². The van der Waals surface area contributed by atoms with Crippen LogP contribution < -0.4 is 9.80 Å². The second kappa shape index (κ2) is 12.8. The van der Waals surface area contributed by atoms with E-state index in [1.54, 1.807) is 0 Å². The van der Waals surface area contributed by atoms with Crippen LogP contribution in [0.4, 0.5) is 11.4 Å². The summed E-state index contributed by atoms with van der Waals surface area (Å²) in [5.41, 5.74) is 3.50. The molecule has 0 N–H and O–H groups in total. The molecule has 37 heavy (non-hydrogen) atoms. The number of carbonyl (C=O) groups excluding carboxylic acids is 2. The van der Waals surface area contributed by atoms with E-state index < -0.39 is 0 Å². The van der Waals surface area contributed by atoms with Crippen molar-refractivity contribution < 1.29 is 9.59 Å². The summed E-state index contributed by atoms with van der Waals surface area (Å²) in [5.74, 6) is 0.360. The molecule has 0 spiro atoms. The highest BCUT2D eigenvalue weighted by atomic mass is 35.5. The molecular formula is C30H41ClN4O2. The number of likely N-dealkylation sites (N-methyl/N-ethyl adjacent to an activating group) is 1. The van der Waals surface area contributed by atoms with E-state index in [1.807, 2.05) is 52.3 Å². The number of hydrogen-bond donors (Lipinski definition) is 0. The normalized spacial score (nSPS) is 17.9. The first-order valence-electron chi connectivity index (χ1n) is 13.7. The Hall–Kier alpha value is -2.57. The SMILES string of the molecule is CC(C)CC(=O)N1CCCN(C)CCN(C(=O)c2cc(N3CCCCC3)ccc2Cl)Cc2ccccc21. The summed E-state index contributed by atoms with van der Waals surface area (Å²) >= 11 is 6.62. The average Bonchev–Trinajstić information content (AvgIpc) is 2.92. The lowest BCUT2D eigenvalue weighted by Gasteiger charge is -2.30. The van der Waals surface area contributed by atoms with Crippen molar-refractivity contribution in [1.82, 2.24) is 9.80 Å². The molecule has 2 aromatic carbocycles. The standard InChI is InChI=1S/C30H41ClN4O2/c1-23(2)20-29(36)35-17-9-14-32(3)18-19-34(22-24-10-5-6-11-28(24)35)30(37)26-21-25(12-13-27(26)31)33-15-7-4-8-16-33/h5-6,10-13,21,23H,4,7-9,14-20,22H2,1-3H3. The highest BCUT2D eigenvalue weighted by Crippen LogP contribution is 2.29. The molecule has 0 saturated carbocycles. The fourth-order valence-corrected chi connectivity index (χ4v) is 5.50. The number of anilines is 2. The van der Waals surface area contributed by atoms with Gasteiger partial charge in [-0.3, -0.25) is 9.59 Å². The summed E-state index contributed by atoms with van der Waals surface area (Å²) in [5, 5.41) is 0.482. The van der Waals surface area contributed by atoms with Gasteiger partial charge in [0.1, 0.15) is 0 Å². The van der Waals surface area contributed by atoms with Crippen molar-refractivity contribution in [2.45, 2.75) is 52.5 Å². The van der Waals surface area contributed by atoms with E-state index in [0.29, 0.717) is 36.6 Å². The number of amides is 2. The van der Waals surface area contributed by atoms with Gasteiger partial charge in [0.05, 0.1) is 10.6 Å². The molecule has 1 saturated heterocycles. The van der Waals surface area contributed by atoms with Crippen LogP contribution >= 0.6 is 11.6 Å². The Balaban J connectivity index is 1.66. The molecule has 2 aromatic rings. The van der Waals surface area contributed by atoms with Crippen molar-refractivity contribution in [2.75, 3.05) is 56.1 Å². The number of benzene rings is 2. The molecule has 2 heterocycles. The highest BCUT2D eigenvalue weighted by molar-refractivity contribution is 6.34. The lowest BCUT2D eigenvalue weighted by atomic mass is 10.1. The van der Waals surface area contributed by atoms with Crippen LogP contribution in [0.15, 0.2) is 42.5 Å². The zero-order valence-corrected chi connectivity index (χ0v) is 23.3. The molecule has 2 amide bonds. The minimum atomic E-state index is -0.0635. The van der Waals surface area contributed by atoms with Crippen molar-refractivity contribution in [1.29, 1.82) is 0 Å². The number of carbonyl (C=O) groups is 2. The van der Waals surface area contributed by atoms with Gasteiger partial charge < -0.3 is 19.6 Å². The Morgan fingerprint density at radius 1 is 0.892 bits per heavy atom. The molecule has 4 rings (SSSR count). The van der Waals surface area contributed by atoms with E-state index in [9.17, 15) is 9.59 Å². The average molecular weight is 525 g/mol. The predicted octanol–water partition coefficient (Wildman–Crippen LogP) is 5.69. The second-order valence-corrected chi connectivity index (χ2v) is 11.3. The molecule has 0 unspecified atom stereocenters. The van der Waals surface area contributed by atoms with Crippen LogP contribution in [0, 0.1) is 5.92 Å². The molecule has 1 fully saturated rings. The number of nitrogens with zero attached hydrogens (tertiary/aromatic N) is 4. The summed E-state index contributed by atoms with van der Waals surface area (Å²) in [6.07, 6.45) is 4.99. The molecule has 7 heteroatoms. The maximum Gasteiger partial charge on any atom is 0.255 e. The van der Waals surface area contributed by atoms with E-state index in [-0.39, 0.29) is 17.7 Å². The molecule has 0 bridgehead atoms. The maximum absolute atomic E-state index is 14.0. The van der Waals surface area contributed by atoms with Gasteiger partial charge in [0, 0.05) is 57.1 Å². The van der Waals surface area contributed by atoms with Gasteiger partial charge in [-0.15, -0.1) is 0 Å². The van der Waals surface area contributed by atoms with E-state index in [1.165, 1.54) is 19.3 Å². The summed E-state index contributed by atoms with van der Waals surface area (Å²) in [4.78, 5) is 35.7. The third-order valence-electron chi connectivity index (χ3n) is 7.39. The highest BCUT2D eigenvalue weighted by Gasteiger charge is 2.25. The number of hydrogen-bond acceptors (Lipinski definition) is 4. The molecule has 2 aliphatic heterocycles. The van der Waals surface area contributed by atoms with Gasteiger partial charge in [-0.05, 0) is 75.0 Å². The zero-order chi connectivity index (χ0) is 26.4. The molecule has 200 valence electrons. The Labute approximate surface area is 227 Å². The molecule has 0 atom stereocenters. The zero-order valence-electron chi connectivity index (χ0n) is 22.6. The summed E-state index contributed by atoms with van der Waals surface area (Å²) in [6.45, 7) is 9.49. The largest absolute Gasteiger partial charge is 0.372 e. The lowest BCUT2D eigenvalue weighted by Crippen LogP contribution is -2.37.